The molecule has 0 saturated heterocycles. The van der Waals surface area contributed by atoms with E-state index in [1.54, 1.807) is 6.92 Å². The number of benzene rings is 1. The lowest BCUT2D eigenvalue weighted by atomic mass is 9.96. The lowest BCUT2D eigenvalue weighted by Crippen LogP contribution is -2.50. The van der Waals surface area contributed by atoms with Gasteiger partial charge in [-0.15, -0.1) is 0 Å². The van der Waals surface area contributed by atoms with Crippen molar-refractivity contribution in [3.8, 4) is 0 Å². The minimum atomic E-state index is -4.48. The van der Waals surface area contributed by atoms with Crippen molar-refractivity contribution in [3.05, 3.63) is 28.2 Å². The number of carbonyl (C=O) groups excluding carboxylic acids is 1. The maximum atomic E-state index is 12.8. The maximum Gasteiger partial charge on any atom is 0.417 e. The van der Waals surface area contributed by atoms with E-state index in [-0.39, 0.29) is 16.1 Å². The molecule has 20 heavy (non-hydrogen) atoms. The molecular formula is C13H14BrF3N2O. The molecule has 7 heteroatoms. The minimum absolute atomic E-state index is 0.0688. The fourth-order valence-corrected chi connectivity index (χ4v) is 2.43. The Morgan fingerprint density at radius 2 is 2.00 bits per heavy atom. The topological polar surface area (TPSA) is 55.1 Å². The van der Waals surface area contributed by atoms with Crippen molar-refractivity contribution in [3.63, 3.8) is 0 Å². The molecular weight excluding hydrogens is 337 g/mol. The van der Waals surface area contributed by atoms with E-state index in [0.717, 1.165) is 18.9 Å². The summed E-state index contributed by atoms with van der Waals surface area (Å²) in [6.45, 7) is 1.60. The zero-order valence-electron chi connectivity index (χ0n) is 10.7. The number of halogens is 4. The minimum Gasteiger partial charge on any atom is -0.324 e. The third-order valence-electron chi connectivity index (χ3n) is 3.44. The van der Waals surface area contributed by atoms with Crippen LogP contribution in [-0.4, -0.2) is 11.4 Å². The van der Waals surface area contributed by atoms with Crippen molar-refractivity contribution >= 4 is 27.5 Å². The number of amides is 1. The van der Waals surface area contributed by atoms with Crippen molar-refractivity contribution in [2.45, 2.75) is 31.5 Å². The molecule has 1 aromatic rings. The van der Waals surface area contributed by atoms with Crippen molar-refractivity contribution in [1.29, 1.82) is 0 Å². The molecule has 1 saturated carbocycles. The lowest BCUT2D eigenvalue weighted by Gasteiger charge is -2.23. The van der Waals surface area contributed by atoms with E-state index in [9.17, 15) is 18.0 Å². The fourth-order valence-electron chi connectivity index (χ4n) is 1.95. The van der Waals surface area contributed by atoms with E-state index in [2.05, 4.69) is 21.2 Å². The second-order valence-corrected chi connectivity index (χ2v) is 6.06. The van der Waals surface area contributed by atoms with Gasteiger partial charge >= 0.3 is 6.18 Å². The smallest absolute Gasteiger partial charge is 0.324 e. The van der Waals surface area contributed by atoms with Gasteiger partial charge in [-0.1, -0.05) is 15.9 Å². The highest BCUT2D eigenvalue weighted by atomic mass is 79.9. The highest BCUT2D eigenvalue weighted by molar-refractivity contribution is 9.10. The number of anilines is 1. The fraction of sp³-hybridized carbons (Fsp3) is 0.462. The van der Waals surface area contributed by atoms with E-state index < -0.39 is 23.2 Å². The van der Waals surface area contributed by atoms with Gasteiger partial charge in [-0.2, -0.15) is 13.2 Å². The highest BCUT2D eigenvalue weighted by Crippen LogP contribution is 2.39. The molecule has 110 valence electrons. The summed E-state index contributed by atoms with van der Waals surface area (Å²) in [4.78, 5) is 12.0. The second kappa shape index (κ2) is 5.04. The third kappa shape index (κ3) is 3.15. The number of alkyl halides is 3. The molecule has 1 aliphatic rings. The van der Waals surface area contributed by atoms with Gasteiger partial charge in [0.05, 0.1) is 11.1 Å². The molecule has 3 N–H and O–H groups in total. The van der Waals surface area contributed by atoms with Gasteiger partial charge in [0.2, 0.25) is 5.91 Å². The Hall–Kier alpha value is -1.08. The number of nitrogens with two attached hydrogens (primary N) is 1. The predicted molar refractivity (Wildman–Crippen MR) is 73.1 cm³/mol. The molecule has 1 aromatic carbocycles. The molecule has 0 bridgehead atoms. The van der Waals surface area contributed by atoms with Gasteiger partial charge in [-0.05, 0) is 43.9 Å². The largest absolute Gasteiger partial charge is 0.417 e. The van der Waals surface area contributed by atoms with E-state index in [4.69, 9.17) is 5.73 Å². The summed E-state index contributed by atoms with van der Waals surface area (Å²) < 4.78 is 38.2. The van der Waals surface area contributed by atoms with Crippen LogP contribution >= 0.6 is 15.9 Å². The molecule has 0 aliphatic heterocycles. The molecule has 0 radical (unpaired) electrons. The van der Waals surface area contributed by atoms with Crippen LogP contribution in [-0.2, 0) is 11.0 Å². The summed E-state index contributed by atoms with van der Waals surface area (Å²) in [5.74, 6) is -0.365. The molecule has 1 unspecified atom stereocenters. The Balaban J connectivity index is 2.20. The first-order chi connectivity index (χ1) is 9.12. The molecule has 1 amide bonds. The first-order valence-electron chi connectivity index (χ1n) is 6.09. The summed E-state index contributed by atoms with van der Waals surface area (Å²) in [6.07, 6.45) is -2.74. The summed E-state index contributed by atoms with van der Waals surface area (Å²) in [5, 5.41) is 2.46. The molecule has 1 fully saturated rings. The van der Waals surface area contributed by atoms with Crippen LogP contribution in [0.3, 0.4) is 0 Å². The molecule has 0 heterocycles. The molecule has 1 atom stereocenters. The SMILES string of the molecule is CC(N)(C(=O)Nc1ccc(Br)c(C(F)(F)F)c1)C1CC1. The van der Waals surface area contributed by atoms with Gasteiger partial charge in [-0.3, -0.25) is 4.79 Å². The summed E-state index contributed by atoms with van der Waals surface area (Å²) in [6, 6.07) is 3.55. The average molecular weight is 351 g/mol. The number of hydrogen-bond donors (Lipinski definition) is 2. The first-order valence-corrected chi connectivity index (χ1v) is 6.88. The van der Waals surface area contributed by atoms with Crippen molar-refractivity contribution in [2.75, 3.05) is 5.32 Å². The van der Waals surface area contributed by atoms with Crippen LogP contribution in [0.4, 0.5) is 18.9 Å². The van der Waals surface area contributed by atoms with Gasteiger partial charge in [-0.25, -0.2) is 0 Å². The van der Waals surface area contributed by atoms with Crippen LogP contribution in [0.2, 0.25) is 0 Å². The van der Waals surface area contributed by atoms with Crippen LogP contribution in [0.25, 0.3) is 0 Å². The number of nitrogens with one attached hydrogen (secondary N) is 1. The van der Waals surface area contributed by atoms with E-state index in [0.29, 0.717) is 0 Å². The molecule has 2 rings (SSSR count). The summed E-state index contributed by atoms with van der Waals surface area (Å²) >= 11 is 2.85. The Morgan fingerprint density at radius 1 is 1.40 bits per heavy atom. The molecule has 3 nitrogen and oxygen atoms in total. The number of carbonyl (C=O) groups is 1. The Kier molecular flexibility index (Phi) is 3.85. The Labute approximate surface area is 122 Å². The quantitative estimate of drug-likeness (QED) is 0.875. The Bertz CT molecular complexity index is 539. The number of rotatable bonds is 3. The van der Waals surface area contributed by atoms with E-state index in [1.807, 2.05) is 0 Å². The van der Waals surface area contributed by atoms with Gasteiger partial charge in [0.1, 0.15) is 0 Å². The molecule has 0 spiro atoms. The van der Waals surface area contributed by atoms with E-state index in [1.165, 1.54) is 12.1 Å². The second-order valence-electron chi connectivity index (χ2n) is 5.20. The Morgan fingerprint density at radius 3 is 2.50 bits per heavy atom. The molecule has 1 aliphatic carbocycles. The maximum absolute atomic E-state index is 12.8. The highest BCUT2D eigenvalue weighted by Gasteiger charge is 2.44. The van der Waals surface area contributed by atoms with Gasteiger partial charge < -0.3 is 11.1 Å². The van der Waals surface area contributed by atoms with E-state index >= 15 is 0 Å². The molecule has 0 aromatic heterocycles. The summed E-state index contributed by atoms with van der Waals surface area (Å²) in [7, 11) is 0. The van der Waals surface area contributed by atoms with Crippen molar-refractivity contribution in [2.24, 2.45) is 11.7 Å². The lowest BCUT2D eigenvalue weighted by molar-refractivity contribution is -0.138. The standard InChI is InChI=1S/C13H14BrF3N2O/c1-12(18,7-2-3-7)11(20)19-8-4-5-10(14)9(6-8)13(15,16)17/h4-7H,2-3,18H2,1H3,(H,19,20). The summed E-state index contributed by atoms with van der Waals surface area (Å²) in [5.41, 5.74) is 4.13. The number of hydrogen-bond acceptors (Lipinski definition) is 2. The predicted octanol–water partition coefficient (Wildman–Crippen LogP) is 3.53. The van der Waals surface area contributed by atoms with Crippen LogP contribution in [0.5, 0.6) is 0 Å². The van der Waals surface area contributed by atoms with Gasteiger partial charge in [0.25, 0.3) is 0 Å². The zero-order valence-corrected chi connectivity index (χ0v) is 12.3. The van der Waals surface area contributed by atoms with Gasteiger partial charge in [0, 0.05) is 10.2 Å². The third-order valence-corrected chi connectivity index (χ3v) is 4.14. The zero-order chi connectivity index (χ0) is 15.1. The van der Waals surface area contributed by atoms with Crippen LogP contribution in [0.1, 0.15) is 25.3 Å². The normalized spacial score (nSPS) is 18.5. The van der Waals surface area contributed by atoms with Crippen molar-refractivity contribution in [1.82, 2.24) is 0 Å². The first kappa shape index (κ1) is 15.3. The van der Waals surface area contributed by atoms with Crippen LogP contribution < -0.4 is 11.1 Å². The average Bonchev–Trinajstić information content (AvgIpc) is 3.14. The van der Waals surface area contributed by atoms with Crippen molar-refractivity contribution < 1.29 is 18.0 Å². The van der Waals surface area contributed by atoms with Gasteiger partial charge in [0.15, 0.2) is 0 Å². The van der Waals surface area contributed by atoms with Crippen LogP contribution in [0.15, 0.2) is 22.7 Å². The van der Waals surface area contributed by atoms with Crippen LogP contribution in [0, 0.1) is 5.92 Å². The monoisotopic (exact) mass is 350 g/mol.